The molecular formula is C30H37F5O. The minimum absolute atomic E-state index is 0.309. The number of rotatable bonds is 9. The van der Waals surface area contributed by atoms with Crippen LogP contribution in [0.25, 0.3) is 0 Å². The van der Waals surface area contributed by atoms with E-state index in [4.69, 9.17) is 0 Å². The number of alkyl halides is 2. The number of unbranched alkanes of at least 4 members (excludes halogenated alkanes) is 2. The molecule has 1 nitrogen and oxygen atoms in total. The van der Waals surface area contributed by atoms with Crippen molar-refractivity contribution in [3.05, 3.63) is 65.0 Å². The summed E-state index contributed by atoms with van der Waals surface area (Å²) < 4.78 is 74.0. The molecule has 2 aromatic rings. The fourth-order valence-corrected chi connectivity index (χ4v) is 6.22. The van der Waals surface area contributed by atoms with Crippen molar-refractivity contribution in [1.29, 1.82) is 0 Å². The second-order valence-corrected chi connectivity index (χ2v) is 10.8. The summed E-state index contributed by atoms with van der Waals surface area (Å²) in [5.41, 5.74) is 2.83. The van der Waals surface area contributed by atoms with Gasteiger partial charge in [-0.1, -0.05) is 44.0 Å². The number of benzene rings is 2. The zero-order valence-corrected chi connectivity index (χ0v) is 21.1. The van der Waals surface area contributed by atoms with Gasteiger partial charge in [0.05, 0.1) is 5.92 Å². The highest BCUT2D eigenvalue weighted by molar-refractivity contribution is 5.26. The van der Waals surface area contributed by atoms with E-state index in [0.29, 0.717) is 55.6 Å². The van der Waals surface area contributed by atoms with Crippen LogP contribution in [0.3, 0.4) is 0 Å². The maximum absolute atomic E-state index is 14.7. The lowest BCUT2D eigenvalue weighted by molar-refractivity contribution is -0.224. The Kier molecular flexibility index (Phi) is 8.95. The zero-order chi connectivity index (χ0) is 25.7. The van der Waals surface area contributed by atoms with E-state index in [1.54, 1.807) is 0 Å². The van der Waals surface area contributed by atoms with Crippen LogP contribution in [0.4, 0.5) is 22.0 Å². The monoisotopic (exact) mass is 508 g/mol. The Morgan fingerprint density at radius 1 is 0.778 bits per heavy atom. The zero-order valence-electron chi connectivity index (χ0n) is 21.1. The summed E-state index contributed by atoms with van der Waals surface area (Å²) in [5, 5.41) is 0. The third kappa shape index (κ3) is 6.60. The van der Waals surface area contributed by atoms with Crippen molar-refractivity contribution in [2.24, 2.45) is 17.8 Å². The predicted molar refractivity (Wildman–Crippen MR) is 132 cm³/mol. The lowest BCUT2D eigenvalue weighted by Crippen LogP contribution is -2.38. The number of ether oxygens (including phenoxy) is 1. The summed E-state index contributed by atoms with van der Waals surface area (Å²) in [5.74, 6) is -4.91. The van der Waals surface area contributed by atoms with E-state index in [-0.39, 0.29) is 0 Å². The van der Waals surface area contributed by atoms with Gasteiger partial charge in [0.2, 0.25) is 0 Å². The van der Waals surface area contributed by atoms with Crippen molar-refractivity contribution >= 4 is 0 Å². The topological polar surface area (TPSA) is 9.23 Å². The van der Waals surface area contributed by atoms with Gasteiger partial charge in [0.1, 0.15) is 5.75 Å². The fraction of sp³-hybridized carbons (Fsp3) is 0.600. The van der Waals surface area contributed by atoms with E-state index in [1.165, 1.54) is 30.4 Å². The van der Waals surface area contributed by atoms with Crippen LogP contribution in [-0.2, 0) is 6.42 Å². The van der Waals surface area contributed by atoms with Crippen molar-refractivity contribution < 1.29 is 26.7 Å². The van der Waals surface area contributed by atoms with Gasteiger partial charge in [0.25, 0.3) is 0 Å². The molecule has 0 unspecified atom stereocenters. The van der Waals surface area contributed by atoms with Crippen molar-refractivity contribution in [3.8, 4) is 5.75 Å². The number of hydrogen-bond donors (Lipinski definition) is 0. The normalized spacial score (nSPS) is 25.1. The lowest BCUT2D eigenvalue weighted by Gasteiger charge is -2.39. The van der Waals surface area contributed by atoms with E-state index < -0.39 is 35.2 Å². The van der Waals surface area contributed by atoms with E-state index in [9.17, 15) is 22.0 Å². The lowest BCUT2D eigenvalue weighted by atomic mass is 9.68. The van der Waals surface area contributed by atoms with Gasteiger partial charge in [0.15, 0.2) is 17.5 Å². The first-order chi connectivity index (χ1) is 17.3. The minimum Gasteiger partial charge on any atom is -0.432 e. The molecule has 36 heavy (non-hydrogen) atoms. The number of hydrogen-bond acceptors (Lipinski definition) is 1. The van der Waals surface area contributed by atoms with Gasteiger partial charge >= 0.3 is 6.11 Å². The number of aryl methyl sites for hydroxylation is 1. The van der Waals surface area contributed by atoms with Gasteiger partial charge in [-0.05, 0) is 93.1 Å². The third-order valence-electron chi connectivity index (χ3n) is 8.42. The Balaban J connectivity index is 1.24. The average molecular weight is 509 g/mol. The Morgan fingerprint density at radius 3 is 1.89 bits per heavy atom. The Hall–Kier alpha value is -2.11. The Bertz CT molecular complexity index is 950. The van der Waals surface area contributed by atoms with E-state index in [1.807, 2.05) is 0 Å². The molecule has 0 heterocycles. The molecule has 198 valence electrons. The molecule has 0 spiro atoms. The first-order valence-electron chi connectivity index (χ1n) is 13.6. The van der Waals surface area contributed by atoms with Gasteiger partial charge in [-0.15, -0.1) is 0 Å². The molecule has 2 aromatic carbocycles. The van der Waals surface area contributed by atoms with Crippen LogP contribution in [0, 0.1) is 35.2 Å². The van der Waals surface area contributed by atoms with Crippen molar-refractivity contribution in [2.75, 3.05) is 0 Å². The van der Waals surface area contributed by atoms with Crippen molar-refractivity contribution in [1.82, 2.24) is 0 Å². The standard InChI is InChI=1S/C30H37F5O/c1-2-3-4-5-20-6-8-21(9-7-20)22-10-12-23(13-11-22)24-14-16-25(17-15-24)30(34,35)36-26-18-27(31)29(33)28(32)19-26/h6-9,18-19,22-25H,2-5,10-17H2,1H3. The van der Waals surface area contributed by atoms with Crippen LogP contribution in [0.2, 0.25) is 0 Å². The molecular weight excluding hydrogens is 471 g/mol. The van der Waals surface area contributed by atoms with Crippen molar-refractivity contribution in [2.45, 2.75) is 96.0 Å². The molecule has 2 fully saturated rings. The second-order valence-electron chi connectivity index (χ2n) is 10.8. The van der Waals surface area contributed by atoms with Gasteiger partial charge in [0, 0.05) is 12.1 Å². The molecule has 2 aliphatic carbocycles. The van der Waals surface area contributed by atoms with E-state index in [0.717, 1.165) is 32.1 Å². The smallest absolute Gasteiger partial charge is 0.400 e. The minimum atomic E-state index is -3.55. The van der Waals surface area contributed by atoms with Crippen LogP contribution in [0.5, 0.6) is 5.75 Å². The molecule has 0 aliphatic heterocycles. The van der Waals surface area contributed by atoms with Crippen LogP contribution >= 0.6 is 0 Å². The quantitative estimate of drug-likeness (QED) is 0.186. The summed E-state index contributed by atoms with van der Waals surface area (Å²) in [4.78, 5) is 0. The van der Waals surface area contributed by atoms with Crippen LogP contribution < -0.4 is 4.74 Å². The summed E-state index contributed by atoms with van der Waals surface area (Å²) in [6, 6.07) is 10.1. The molecule has 0 aromatic heterocycles. The Labute approximate surface area is 211 Å². The van der Waals surface area contributed by atoms with Gasteiger partial charge in [-0.3, -0.25) is 0 Å². The molecule has 0 N–H and O–H groups in total. The summed E-state index contributed by atoms with van der Waals surface area (Å²) in [7, 11) is 0. The maximum atomic E-state index is 14.7. The molecule has 2 saturated carbocycles. The number of halogens is 5. The summed E-state index contributed by atoms with van der Waals surface area (Å²) in [6.45, 7) is 2.22. The third-order valence-corrected chi connectivity index (χ3v) is 8.42. The van der Waals surface area contributed by atoms with Gasteiger partial charge in [-0.2, -0.15) is 8.78 Å². The molecule has 0 amide bonds. The average Bonchev–Trinajstić information content (AvgIpc) is 2.88. The van der Waals surface area contributed by atoms with Crippen LogP contribution in [-0.4, -0.2) is 6.11 Å². The van der Waals surface area contributed by atoms with Crippen LogP contribution in [0.15, 0.2) is 36.4 Å². The molecule has 4 rings (SSSR count). The first kappa shape index (κ1) is 26.9. The predicted octanol–water partition coefficient (Wildman–Crippen LogP) is 9.59. The molecule has 0 radical (unpaired) electrons. The highest BCUT2D eigenvalue weighted by atomic mass is 19.3. The fourth-order valence-electron chi connectivity index (χ4n) is 6.22. The highest BCUT2D eigenvalue weighted by Crippen LogP contribution is 2.47. The molecule has 2 aliphatic rings. The SMILES string of the molecule is CCCCCc1ccc(C2CCC(C3CCC(C(F)(F)Oc4cc(F)c(F)c(F)c4)CC3)CC2)cc1. The van der Waals surface area contributed by atoms with Gasteiger partial charge in [-0.25, -0.2) is 13.2 Å². The van der Waals surface area contributed by atoms with Crippen LogP contribution in [0.1, 0.15) is 94.6 Å². The van der Waals surface area contributed by atoms with Crippen molar-refractivity contribution in [3.63, 3.8) is 0 Å². The molecule has 0 atom stereocenters. The molecule has 0 saturated heterocycles. The summed E-state index contributed by atoms with van der Waals surface area (Å²) >= 11 is 0. The second kappa shape index (κ2) is 12.0. The summed E-state index contributed by atoms with van der Waals surface area (Å²) in [6.07, 6.45) is 7.89. The van der Waals surface area contributed by atoms with Gasteiger partial charge < -0.3 is 4.74 Å². The molecule has 0 bridgehead atoms. The van der Waals surface area contributed by atoms with E-state index in [2.05, 4.69) is 35.9 Å². The maximum Gasteiger partial charge on any atom is 0.400 e. The van der Waals surface area contributed by atoms with E-state index >= 15 is 0 Å². The highest BCUT2D eigenvalue weighted by Gasteiger charge is 2.45. The first-order valence-corrected chi connectivity index (χ1v) is 13.6. The largest absolute Gasteiger partial charge is 0.432 e. The molecule has 6 heteroatoms. The Morgan fingerprint density at radius 2 is 1.33 bits per heavy atom.